The molecule has 0 unspecified atom stereocenters. The fourth-order valence-corrected chi connectivity index (χ4v) is 1.75. The summed E-state index contributed by atoms with van der Waals surface area (Å²) in [6, 6.07) is 10.4. The van der Waals surface area contributed by atoms with Crippen molar-refractivity contribution >= 4 is 35.6 Å². The highest BCUT2D eigenvalue weighted by molar-refractivity contribution is 14.0. The standard InChI is InChI=1S/C15H15F3N4O2.HI/c1-23-13-4-2-3-11(21-13)9-20-14(19)22-10-5-7-12(8-6-10)24-15(16,17)18;/h2-8H,9H2,1H3,(H3,19,20,22);1H. The van der Waals surface area contributed by atoms with Crippen molar-refractivity contribution in [2.24, 2.45) is 10.7 Å². The first kappa shape index (κ1) is 20.8. The Hall–Kier alpha value is -2.24. The Morgan fingerprint density at radius 2 is 1.88 bits per heavy atom. The number of aliphatic imine (C=N–C) groups is 1. The number of hydrogen-bond acceptors (Lipinski definition) is 4. The van der Waals surface area contributed by atoms with Crippen LogP contribution in [0.15, 0.2) is 47.5 Å². The van der Waals surface area contributed by atoms with Crippen molar-refractivity contribution in [2.75, 3.05) is 12.4 Å². The summed E-state index contributed by atoms with van der Waals surface area (Å²) < 4.78 is 45.0. The molecule has 0 saturated carbocycles. The molecule has 10 heteroatoms. The van der Waals surface area contributed by atoms with Crippen molar-refractivity contribution in [3.63, 3.8) is 0 Å². The number of benzene rings is 1. The number of rotatable bonds is 5. The van der Waals surface area contributed by atoms with Crippen LogP contribution in [0.3, 0.4) is 0 Å². The van der Waals surface area contributed by atoms with Crippen LogP contribution in [0.2, 0.25) is 0 Å². The molecule has 0 radical (unpaired) electrons. The van der Waals surface area contributed by atoms with Gasteiger partial charge in [0, 0.05) is 11.8 Å². The normalized spacial score (nSPS) is 11.4. The lowest BCUT2D eigenvalue weighted by Gasteiger charge is -2.10. The Kier molecular flexibility index (Phi) is 7.74. The first-order chi connectivity index (χ1) is 11.4. The molecular weight excluding hydrogens is 452 g/mol. The fraction of sp³-hybridized carbons (Fsp3) is 0.200. The lowest BCUT2D eigenvalue weighted by Crippen LogP contribution is -2.22. The number of ether oxygens (including phenoxy) is 2. The Morgan fingerprint density at radius 3 is 2.48 bits per heavy atom. The number of hydrogen-bond donors (Lipinski definition) is 2. The van der Waals surface area contributed by atoms with E-state index >= 15 is 0 Å². The maximum absolute atomic E-state index is 12.1. The summed E-state index contributed by atoms with van der Waals surface area (Å²) in [5.41, 5.74) is 6.87. The molecule has 0 spiro atoms. The topological polar surface area (TPSA) is 81.8 Å². The van der Waals surface area contributed by atoms with Gasteiger partial charge < -0.3 is 20.5 Å². The van der Waals surface area contributed by atoms with Crippen molar-refractivity contribution in [3.05, 3.63) is 48.2 Å². The highest BCUT2D eigenvalue weighted by Crippen LogP contribution is 2.23. The van der Waals surface area contributed by atoms with Crippen LogP contribution >= 0.6 is 24.0 Å². The van der Waals surface area contributed by atoms with Gasteiger partial charge in [-0.25, -0.2) is 9.98 Å². The highest BCUT2D eigenvalue weighted by atomic mass is 127. The molecule has 1 aromatic heterocycles. The van der Waals surface area contributed by atoms with Crippen LogP contribution in [0.1, 0.15) is 5.69 Å². The van der Waals surface area contributed by atoms with E-state index < -0.39 is 6.36 Å². The molecule has 25 heavy (non-hydrogen) atoms. The van der Waals surface area contributed by atoms with E-state index in [1.165, 1.54) is 31.4 Å². The largest absolute Gasteiger partial charge is 0.573 e. The summed E-state index contributed by atoms with van der Waals surface area (Å²) >= 11 is 0. The molecule has 0 atom stereocenters. The molecule has 1 heterocycles. The van der Waals surface area contributed by atoms with Crippen LogP contribution in [-0.4, -0.2) is 24.4 Å². The predicted octanol–water partition coefficient (Wildman–Crippen LogP) is 3.53. The number of aromatic nitrogens is 1. The number of nitrogens with one attached hydrogen (secondary N) is 1. The molecule has 1 aromatic carbocycles. The number of nitrogens with two attached hydrogens (primary N) is 1. The van der Waals surface area contributed by atoms with Crippen molar-refractivity contribution in [1.82, 2.24) is 4.98 Å². The quantitative estimate of drug-likeness (QED) is 0.399. The maximum Gasteiger partial charge on any atom is 0.573 e. The number of methoxy groups -OCH3 is 1. The van der Waals surface area contributed by atoms with Crippen LogP contribution in [0.25, 0.3) is 0 Å². The molecular formula is C15H16F3IN4O2. The molecule has 0 amide bonds. The Bertz CT molecular complexity index is 709. The van der Waals surface area contributed by atoms with E-state index in [0.29, 0.717) is 17.3 Å². The number of alkyl halides is 3. The zero-order valence-corrected chi connectivity index (χ0v) is 15.4. The summed E-state index contributed by atoms with van der Waals surface area (Å²) in [6.07, 6.45) is -4.72. The third-order valence-electron chi connectivity index (χ3n) is 2.76. The molecule has 0 aliphatic heterocycles. The van der Waals surface area contributed by atoms with Crippen LogP contribution < -0.4 is 20.5 Å². The fourth-order valence-electron chi connectivity index (χ4n) is 1.75. The zero-order chi connectivity index (χ0) is 17.6. The second kappa shape index (κ2) is 9.30. The molecule has 3 N–H and O–H groups in total. The van der Waals surface area contributed by atoms with Gasteiger partial charge >= 0.3 is 6.36 Å². The van der Waals surface area contributed by atoms with Gasteiger partial charge in [0.2, 0.25) is 5.88 Å². The van der Waals surface area contributed by atoms with E-state index in [-0.39, 0.29) is 42.2 Å². The third kappa shape index (κ3) is 7.45. The van der Waals surface area contributed by atoms with Gasteiger partial charge in [-0.05, 0) is 30.3 Å². The van der Waals surface area contributed by atoms with Gasteiger partial charge in [0.05, 0.1) is 19.3 Å². The van der Waals surface area contributed by atoms with E-state index in [0.717, 1.165) is 0 Å². The SMILES string of the molecule is COc1cccc(CN=C(N)Nc2ccc(OC(F)(F)F)cc2)n1.I. The summed E-state index contributed by atoms with van der Waals surface area (Å²) in [7, 11) is 1.51. The third-order valence-corrected chi connectivity index (χ3v) is 2.76. The minimum atomic E-state index is -4.72. The summed E-state index contributed by atoms with van der Waals surface area (Å²) in [5, 5.41) is 2.76. The molecule has 6 nitrogen and oxygen atoms in total. The molecule has 136 valence electrons. The number of anilines is 1. The van der Waals surface area contributed by atoms with Gasteiger partial charge in [0.15, 0.2) is 5.96 Å². The van der Waals surface area contributed by atoms with Gasteiger partial charge in [-0.3, -0.25) is 0 Å². The summed E-state index contributed by atoms with van der Waals surface area (Å²) in [5.74, 6) is 0.253. The van der Waals surface area contributed by atoms with Crippen molar-refractivity contribution in [1.29, 1.82) is 0 Å². The highest BCUT2D eigenvalue weighted by Gasteiger charge is 2.30. The summed E-state index contributed by atoms with van der Waals surface area (Å²) in [6.45, 7) is 0.227. The monoisotopic (exact) mass is 468 g/mol. The molecule has 0 aliphatic carbocycles. The van der Waals surface area contributed by atoms with Crippen LogP contribution in [-0.2, 0) is 6.54 Å². The molecule has 2 rings (SSSR count). The van der Waals surface area contributed by atoms with Gasteiger partial charge in [-0.2, -0.15) is 0 Å². The minimum absolute atomic E-state index is 0. The Balaban J connectivity index is 0.00000312. The minimum Gasteiger partial charge on any atom is -0.481 e. The van der Waals surface area contributed by atoms with Gasteiger partial charge in [0.25, 0.3) is 0 Å². The van der Waals surface area contributed by atoms with Gasteiger partial charge in [-0.1, -0.05) is 6.07 Å². The van der Waals surface area contributed by atoms with Crippen molar-refractivity contribution in [2.45, 2.75) is 12.9 Å². The van der Waals surface area contributed by atoms with E-state index in [4.69, 9.17) is 10.5 Å². The lowest BCUT2D eigenvalue weighted by atomic mass is 10.3. The van der Waals surface area contributed by atoms with E-state index in [1.807, 2.05) is 0 Å². The maximum atomic E-state index is 12.1. The van der Waals surface area contributed by atoms with Crippen molar-refractivity contribution < 1.29 is 22.6 Å². The smallest absolute Gasteiger partial charge is 0.481 e. The number of nitrogens with zero attached hydrogens (tertiary/aromatic N) is 2. The van der Waals surface area contributed by atoms with E-state index in [2.05, 4.69) is 20.0 Å². The zero-order valence-electron chi connectivity index (χ0n) is 13.1. The molecule has 0 saturated heterocycles. The second-order valence-corrected chi connectivity index (χ2v) is 4.57. The van der Waals surface area contributed by atoms with Crippen LogP contribution in [0.5, 0.6) is 11.6 Å². The molecule has 2 aromatic rings. The summed E-state index contributed by atoms with van der Waals surface area (Å²) in [4.78, 5) is 8.28. The van der Waals surface area contributed by atoms with E-state index in [1.54, 1.807) is 18.2 Å². The lowest BCUT2D eigenvalue weighted by molar-refractivity contribution is -0.274. The van der Waals surface area contributed by atoms with Crippen LogP contribution in [0, 0.1) is 0 Å². The van der Waals surface area contributed by atoms with Gasteiger partial charge in [-0.15, -0.1) is 37.1 Å². The van der Waals surface area contributed by atoms with Gasteiger partial charge in [0.1, 0.15) is 5.75 Å². The predicted molar refractivity (Wildman–Crippen MR) is 98.3 cm³/mol. The first-order valence-electron chi connectivity index (χ1n) is 6.78. The average molecular weight is 468 g/mol. The Morgan fingerprint density at radius 1 is 1.20 bits per heavy atom. The number of guanidine groups is 1. The Labute approximate surface area is 159 Å². The van der Waals surface area contributed by atoms with Crippen molar-refractivity contribution in [3.8, 4) is 11.6 Å². The van der Waals surface area contributed by atoms with E-state index in [9.17, 15) is 13.2 Å². The number of halogens is 4. The first-order valence-corrected chi connectivity index (χ1v) is 6.78. The second-order valence-electron chi connectivity index (χ2n) is 4.57. The number of pyridine rings is 1. The molecule has 0 fully saturated rings. The average Bonchev–Trinajstić information content (AvgIpc) is 2.54. The molecule has 0 bridgehead atoms. The molecule has 0 aliphatic rings. The van der Waals surface area contributed by atoms with Crippen LogP contribution in [0.4, 0.5) is 18.9 Å².